The molecule has 0 bridgehead atoms. The van der Waals surface area contributed by atoms with E-state index in [1.165, 1.54) is 5.56 Å². The van der Waals surface area contributed by atoms with Crippen LogP contribution >= 0.6 is 31.9 Å². The van der Waals surface area contributed by atoms with E-state index in [2.05, 4.69) is 59.1 Å². The van der Waals surface area contributed by atoms with Crippen molar-refractivity contribution in [1.29, 1.82) is 0 Å². The minimum Gasteiger partial charge on any atom is -0.360 e. The lowest BCUT2D eigenvalue weighted by Crippen LogP contribution is -2.40. The number of nitrogens with zero attached hydrogens (tertiary/aromatic N) is 3. The fourth-order valence-electron chi connectivity index (χ4n) is 3.40. The van der Waals surface area contributed by atoms with Crippen molar-refractivity contribution in [1.82, 2.24) is 20.4 Å². The van der Waals surface area contributed by atoms with Gasteiger partial charge in [0.15, 0.2) is 5.69 Å². The van der Waals surface area contributed by atoms with Gasteiger partial charge in [0.05, 0.1) is 0 Å². The van der Waals surface area contributed by atoms with Crippen LogP contribution in [-0.2, 0) is 6.54 Å². The molecule has 1 aliphatic carbocycles. The third kappa shape index (κ3) is 3.87. The molecule has 1 N–H and O–H groups in total. The van der Waals surface area contributed by atoms with Gasteiger partial charge in [-0.25, -0.2) is 0 Å². The Balaban J connectivity index is 1.38. The molecule has 2 aliphatic rings. The lowest BCUT2D eigenvalue weighted by molar-refractivity contribution is 0.0922. The molecule has 2 atom stereocenters. The zero-order valence-electron chi connectivity index (χ0n) is 14.4. The quantitative estimate of drug-likeness (QED) is 0.701. The van der Waals surface area contributed by atoms with E-state index < -0.39 is 0 Å². The fourth-order valence-corrected chi connectivity index (χ4v) is 4.58. The van der Waals surface area contributed by atoms with Gasteiger partial charge in [-0.3, -0.25) is 14.7 Å². The molecule has 8 heteroatoms. The third-order valence-electron chi connectivity index (χ3n) is 5.08. The molecule has 2 fully saturated rings. The zero-order valence-corrected chi connectivity index (χ0v) is 17.6. The molecule has 138 valence electrons. The molecule has 4 rings (SSSR count). The molecule has 0 aromatic carbocycles. The molecule has 0 unspecified atom stereocenters. The van der Waals surface area contributed by atoms with Gasteiger partial charge in [0, 0.05) is 59.0 Å². The monoisotopic (exact) mass is 482 g/mol. The van der Waals surface area contributed by atoms with E-state index in [9.17, 15) is 4.79 Å². The molecule has 3 heterocycles. The highest BCUT2D eigenvalue weighted by Gasteiger charge is 2.33. The number of halogens is 2. The van der Waals surface area contributed by atoms with Crippen molar-refractivity contribution in [3.63, 3.8) is 0 Å². The number of rotatable bonds is 5. The maximum Gasteiger partial charge on any atom is 0.273 e. The maximum atomic E-state index is 12.5. The zero-order chi connectivity index (χ0) is 18.3. The van der Waals surface area contributed by atoms with Gasteiger partial charge in [-0.05, 0) is 56.2 Å². The summed E-state index contributed by atoms with van der Waals surface area (Å²) in [6, 6.07) is 1.89. The number of carbonyl (C=O) groups is 1. The first-order valence-electron chi connectivity index (χ1n) is 8.79. The Labute approximate surface area is 169 Å². The Hall–Kier alpha value is -1.25. The average molecular weight is 484 g/mol. The maximum absolute atomic E-state index is 12.5. The van der Waals surface area contributed by atoms with Gasteiger partial charge in [-0.2, -0.15) is 0 Å². The second kappa shape index (κ2) is 7.40. The van der Waals surface area contributed by atoms with Crippen LogP contribution in [0.2, 0.25) is 0 Å². The second-order valence-electron chi connectivity index (χ2n) is 7.22. The molecule has 26 heavy (non-hydrogen) atoms. The Morgan fingerprint density at radius 3 is 2.73 bits per heavy atom. The van der Waals surface area contributed by atoms with Gasteiger partial charge in [0.1, 0.15) is 5.76 Å². The van der Waals surface area contributed by atoms with Crippen LogP contribution in [0.1, 0.15) is 47.5 Å². The van der Waals surface area contributed by atoms with Crippen LogP contribution in [0.15, 0.2) is 31.9 Å². The van der Waals surface area contributed by atoms with Crippen molar-refractivity contribution in [2.45, 2.75) is 38.3 Å². The number of pyridine rings is 1. The number of hydrogen-bond acceptors (Lipinski definition) is 5. The van der Waals surface area contributed by atoms with E-state index in [1.807, 2.05) is 0 Å². The summed E-state index contributed by atoms with van der Waals surface area (Å²) in [4.78, 5) is 19.0. The summed E-state index contributed by atoms with van der Waals surface area (Å²) in [5.74, 6) is 1.52. The average Bonchev–Trinajstić information content (AvgIpc) is 3.23. The summed E-state index contributed by atoms with van der Waals surface area (Å²) in [6.07, 6.45) is 5.87. The van der Waals surface area contributed by atoms with Gasteiger partial charge >= 0.3 is 0 Å². The van der Waals surface area contributed by atoms with Gasteiger partial charge < -0.3 is 9.84 Å². The Morgan fingerprint density at radius 2 is 2.04 bits per heavy atom. The smallest absolute Gasteiger partial charge is 0.273 e. The van der Waals surface area contributed by atoms with E-state index in [4.69, 9.17) is 4.52 Å². The number of likely N-dealkylation sites (tertiary alicyclic amines) is 1. The van der Waals surface area contributed by atoms with E-state index in [0.717, 1.165) is 47.2 Å². The van der Waals surface area contributed by atoms with Crippen molar-refractivity contribution >= 4 is 37.8 Å². The highest BCUT2D eigenvalue weighted by Crippen LogP contribution is 2.40. The Kier molecular flexibility index (Phi) is 5.16. The number of nitrogens with one attached hydrogen (secondary N) is 1. The largest absolute Gasteiger partial charge is 0.360 e. The van der Waals surface area contributed by atoms with Crippen LogP contribution in [0, 0.1) is 5.92 Å². The predicted molar refractivity (Wildman–Crippen MR) is 104 cm³/mol. The lowest BCUT2D eigenvalue weighted by Gasteiger charge is -2.18. The normalized spacial score (nSPS) is 23.3. The third-order valence-corrected chi connectivity index (χ3v) is 6.45. The Bertz CT molecular complexity index is 801. The van der Waals surface area contributed by atoms with Crippen LogP contribution in [0.4, 0.5) is 0 Å². The summed E-state index contributed by atoms with van der Waals surface area (Å²) < 4.78 is 7.27. The molecule has 1 saturated heterocycles. The van der Waals surface area contributed by atoms with E-state index in [-0.39, 0.29) is 11.9 Å². The van der Waals surface area contributed by atoms with Crippen LogP contribution in [-0.4, -0.2) is 40.1 Å². The molecule has 1 saturated carbocycles. The second-order valence-corrected chi connectivity index (χ2v) is 8.93. The highest BCUT2D eigenvalue weighted by molar-refractivity contribution is 9.11. The van der Waals surface area contributed by atoms with Crippen LogP contribution in [0.5, 0.6) is 0 Å². The summed E-state index contributed by atoms with van der Waals surface area (Å²) in [5.41, 5.74) is 1.56. The van der Waals surface area contributed by atoms with Gasteiger partial charge in [-0.1, -0.05) is 12.1 Å². The first kappa shape index (κ1) is 18.1. The Morgan fingerprint density at radius 1 is 1.31 bits per heavy atom. The molecule has 0 radical (unpaired) electrons. The molecular formula is C18H20Br2N4O2. The molecule has 2 aromatic rings. The molecule has 0 spiro atoms. The van der Waals surface area contributed by atoms with Crippen LogP contribution < -0.4 is 5.32 Å². The van der Waals surface area contributed by atoms with E-state index in [0.29, 0.717) is 17.5 Å². The summed E-state index contributed by atoms with van der Waals surface area (Å²) in [7, 11) is 0. The summed E-state index contributed by atoms with van der Waals surface area (Å²) in [6.45, 7) is 4.70. The lowest BCUT2D eigenvalue weighted by atomic mass is 10.1. The van der Waals surface area contributed by atoms with Crippen molar-refractivity contribution in [3.05, 3.63) is 44.4 Å². The van der Waals surface area contributed by atoms with E-state index in [1.54, 1.807) is 18.5 Å². The molecular weight excluding hydrogens is 464 g/mol. The van der Waals surface area contributed by atoms with Gasteiger partial charge in [0.2, 0.25) is 0 Å². The van der Waals surface area contributed by atoms with Gasteiger partial charge in [-0.15, -0.1) is 0 Å². The van der Waals surface area contributed by atoms with Crippen molar-refractivity contribution in [3.8, 4) is 0 Å². The number of aromatic nitrogens is 2. The minimum atomic E-state index is -0.148. The fraction of sp³-hybridized carbons (Fsp3) is 0.500. The molecule has 2 aromatic heterocycles. The van der Waals surface area contributed by atoms with Crippen LogP contribution in [0.3, 0.4) is 0 Å². The van der Waals surface area contributed by atoms with Crippen molar-refractivity contribution in [2.75, 3.05) is 13.1 Å². The first-order valence-corrected chi connectivity index (χ1v) is 10.4. The highest BCUT2D eigenvalue weighted by atomic mass is 79.9. The topological polar surface area (TPSA) is 71.3 Å². The standard InChI is InChI=1S/C18H20Br2N4O2/c1-10-7-24(8-12-13(19)5-21-6-14(12)20)9-16(10)22-18(25)15-4-17(26-23-15)11-2-3-11/h4-6,10-11,16H,2-3,7-9H2,1H3,(H,22,25)/t10-,16+/m1/s1. The number of amides is 1. The van der Waals surface area contributed by atoms with Crippen molar-refractivity contribution in [2.24, 2.45) is 5.92 Å². The first-order chi connectivity index (χ1) is 12.5. The predicted octanol–water partition coefficient (Wildman–Crippen LogP) is 3.72. The number of hydrogen-bond donors (Lipinski definition) is 1. The van der Waals surface area contributed by atoms with E-state index >= 15 is 0 Å². The summed E-state index contributed by atoms with van der Waals surface area (Å²) >= 11 is 7.13. The SMILES string of the molecule is C[C@@H]1CN(Cc2c(Br)cncc2Br)C[C@@H]1NC(=O)c1cc(C2CC2)on1. The van der Waals surface area contributed by atoms with Crippen LogP contribution in [0.25, 0.3) is 0 Å². The molecule has 6 nitrogen and oxygen atoms in total. The molecule has 1 aliphatic heterocycles. The van der Waals surface area contributed by atoms with Crippen molar-refractivity contribution < 1.29 is 9.32 Å². The molecule has 1 amide bonds. The van der Waals surface area contributed by atoms with Gasteiger partial charge in [0.25, 0.3) is 5.91 Å². The minimum absolute atomic E-state index is 0.1000. The number of carbonyl (C=O) groups excluding carboxylic acids is 1. The summed E-state index contributed by atoms with van der Waals surface area (Å²) in [5, 5.41) is 7.06.